The molecule has 8 heteroatoms. The first-order valence-electron chi connectivity index (χ1n) is 7.01. The van der Waals surface area contributed by atoms with Gasteiger partial charge in [0.25, 0.3) is 0 Å². The maximum Gasteiger partial charge on any atom is 0.246 e. The van der Waals surface area contributed by atoms with Gasteiger partial charge in [0.15, 0.2) is 0 Å². The third-order valence-electron chi connectivity index (χ3n) is 3.20. The van der Waals surface area contributed by atoms with Gasteiger partial charge in [-0.25, -0.2) is 13.4 Å². The Morgan fingerprint density at radius 2 is 2.24 bits per heavy atom. The molecule has 0 aliphatic carbocycles. The van der Waals surface area contributed by atoms with Crippen LogP contribution in [0.4, 0.5) is 5.82 Å². The van der Waals surface area contributed by atoms with Crippen LogP contribution in [0.3, 0.4) is 0 Å². The van der Waals surface area contributed by atoms with Crippen LogP contribution in [0.2, 0.25) is 0 Å². The van der Waals surface area contributed by atoms with Gasteiger partial charge in [0.1, 0.15) is 10.7 Å². The first-order valence-corrected chi connectivity index (χ1v) is 8.45. The maximum absolute atomic E-state index is 12.7. The minimum absolute atomic E-state index is 0.122. The molecule has 1 aliphatic rings. The summed E-state index contributed by atoms with van der Waals surface area (Å²) in [5.74, 6) is 0.242. The SMILES string of the molecule is CCCNc1ncccc1S(=O)(=O)N1CCNC(=O)CC1. The summed E-state index contributed by atoms with van der Waals surface area (Å²) in [6.07, 6.45) is 2.61. The molecule has 1 aromatic heterocycles. The lowest BCUT2D eigenvalue weighted by Gasteiger charge is -2.20. The molecule has 2 rings (SSSR count). The molecule has 0 bridgehead atoms. The van der Waals surface area contributed by atoms with E-state index in [1.165, 1.54) is 4.31 Å². The number of carbonyl (C=O) groups excluding carboxylic acids is 1. The molecule has 1 aromatic rings. The highest BCUT2D eigenvalue weighted by atomic mass is 32.2. The van der Waals surface area contributed by atoms with Crippen LogP contribution in [0.1, 0.15) is 19.8 Å². The van der Waals surface area contributed by atoms with Crippen LogP contribution < -0.4 is 10.6 Å². The van der Waals surface area contributed by atoms with E-state index in [4.69, 9.17) is 0 Å². The average Bonchev–Trinajstić information content (AvgIpc) is 2.70. The topological polar surface area (TPSA) is 91.4 Å². The lowest BCUT2D eigenvalue weighted by Crippen LogP contribution is -2.34. The maximum atomic E-state index is 12.7. The van der Waals surface area contributed by atoms with Crippen molar-refractivity contribution < 1.29 is 13.2 Å². The quantitative estimate of drug-likeness (QED) is 0.822. The minimum atomic E-state index is -3.65. The van der Waals surface area contributed by atoms with E-state index in [0.717, 1.165) is 6.42 Å². The number of carbonyl (C=O) groups is 1. The summed E-state index contributed by atoms with van der Waals surface area (Å²) in [6.45, 7) is 3.44. The fourth-order valence-corrected chi connectivity index (χ4v) is 3.66. The molecule has 1 saturated heterocycles. The molecule has 0 atom stereocenters. The van der Waals surface area contributed by atoms with E-state index in [-0.39, 0.29) is 30.3 Å². The Kier molecular flexibility index (Phi) is 5.13. The molecule has 0 radical (unpaired) electrons. The smallest absolute Gasteiger partial charge is 0.246 e. The number of amides is 1. The Morgan fingerprint density at radius 1 is 1.43 bits per heavy atom. The normalized spacial score (nSPS) is 17.1. The van der Waals surface area contributed by atoms with Crippen molar-refractivity contribution in [3.05, 3.63) is 18.3 Å². The molecular weight excluding hydrogens is 292 g/mol. The van der Waals surface area contributed by atoms with Gasteiger partial charge in [-0.2, -0.15) is 4.31 Å². The number of sulfonamides is 1. The third-order valence-corrected chi connectivity index (χ3v) is 5.13. The summed E-state index contributed by atoms with van der Waals surface area (Å²) in [4.78, 5) is 15.6. The molecule has 21 heavy (non-hydrogen) atoms. The van der Waals surface area contributed by atoms with Crippen molar-refractivity contribution in [1.29, 1.82) is 0 Å². The monoisotopic (exact) mass is 312 g/mol. The van der Waals surface area contributed by atoms with Gasteiger partial charge in [-0.1, -0.05) is 6.92 Å². The number of aromatic nitrogens is 1. The van der Waals surface area contributed by atoms with Crippen molar-refractivity contribution in [2.75, 3.05) is 31.5 Å². The second-order valence-electron chi connectivity index (χ2n) is 4.78. The van der Waals surface area contributed by atoms with Crippen molar-refractivity contribution in [3.8, 4) is 0 Å². The van der Waals surface area contributed by atoms with Crippen LogP contribution in [0.15, 0.2) is 23.2 Å². The molecule has 7 nitrogen and oxygen atoms in total. The molecule has 0 unspecified atom stereocenters. The van der Waals surface area contributed by atoms with Crippen LogP contribution in [-0.4, -0.2) is 49.8 Å². The van der Waals surface area contributed by atoms with E-state index in [0.29, 0.717) is 18.9 Å². The van der Waals surface area contributed by atoms with Crippen molar-refractivity contribution >= 4 is 21.7 Å². The van der Waals surface area contributed by atoms with Crippen molar-refractivity contribution in [3.63, 3.8) is 0 Å². The summed E-state index contributed by atoms with van der Waals surface area (Å²) in [5.41, 5.74) is 0. The van der Waals surface area contributed by atoms with Gasteiger partial charge in [0.2, 0.25) is 15.9 Å². The second kappa shape index (κ2) is 6.86. The van der Waals surface area contributed by atoms with E-state index in [9.17, 15) is 13.2 Å². The second-order valence-corrected chi connectivity index (χ2v) is 6.69. The summed E-state index contributed by atoms with van der Waals surface area (Å²) >= 11 is 0. The van der Waals surface area contributed by atoms with E-state index in [1.807, 2.05) is 6.92 Å². The van der Waals surface area contributed by atoms with E-state index >= 15 is 0 Å². The highest BCUT2D eigenvalue weighted by molar-refractivity contribution is 7.89. The van der Waals surface area contributed by atoms with Gasteiger partial charge in [-0.05, 0) is 18.6 Å². The molecule has 116 valence electrons. The van der Waals surface area contributed by atoms with Crippen LogP contribution in [-0.2, 0) is 14.8 Å². The van der Waals surface area contributed by atoms with Crippen molar-refractivity contribution in [2.45, 2.75) is 24.7 Å². The predicted octanol–water partition coefficient (Wildman–Crippen LogP) is 0.414. The van der Waals surface area contributed by atoms with E-state index in [2.05, 4.69) is 15.6 Å². The molecule has 0 spiro atoms. The number of pyridine rings is 1. The average molecular weight is 312 g/mol. The first-order chi connectivity index (χ1) is 10.1. The molecule has 1 amide bonds. The molecule has 1 aliphatic heterocycles. The minimum Gasteiger partial charge on any atom is -0.369 e. The molecule has 2 heterocycles. The number of nitrogens with zero attached hydrogens (tertiary/aromatic N) is 2. The van der Waals surface area contributed by atoms with Gasteiger partial charge in [-0.3, -0.25) is 4.79 Å². The van der Waals surface area contributed by atoms with Crippen LogP contribution in [0, 0.1) is 0 Å². The Hall–Kier alpha value is -1.67. The summed E-state index contributed by atoms with van der Waals surface area (Å²) in [5, 5.41) is 5.70. The number of hydrogen-bond acceptors (Lipinski definition) is 5. The number of nitrogens with one attached hydrogen (secondary N) is 2. The Labute approximate surface area is 124 Å². The molecular formula is C13H20N4O3S. The van der Waals surface area contributed by atoms with Gasteiger partial charge in [0.05, 0.1) is 0 Å². The van der Waals surface area contributed by atoms with E-state index < -0.39 is 10.0 Å². The Morgan fingerprint density at radius 3 is 3.00 bits per heavy atom. The molecule has 1 fully saturated rings. The Balaban J connectivity index is 2.28. The van der Waals surface area contributed by atoms with Crippen molar-refractivity contribution in [2.24, 2.45) is 0 Å². The molecule has 0 aromatic carbocycles. The highest BCUT2D eigenvalue weighted by Gasteiger charge is 2.29. The Bertz CT molecular complexity index is 603. The summed E-state index contributed by atoms with van der Waals surface area (Å²) in [7, 11) is -3.65. The van der Waals surface area contributed by atoms with Gasteiger partial charge >= 0.3 is 0 Å². The molecule has 0 saturated carbocycles. The first kappa shape index (κ1) is 15.7. The highest BCUT2D eigenvalue weighted by Crippen LogP contribution is 2.23. The van der Waals surface area contributed by atoms with Crippen LogP contribution in [0.25, 0.3) is 0 Å². The van der Waals surface area contributed by atoms with Gasteiger partial charge < -0.3 is 10.6 Å². The number of rotatable bonds is 5. The fraction of sp³-hybridized carbons (Fsp3) is 0.538. The zero-order valence-electron chi connectivity index (χ0n) is 12.0. The van der Waals surface area contributed by atoms with Gasteiger partial charge in [0, 0.05) is 38.8 Å². The summed E-state index contributed by atoms with van der Waals surface area (Å²) < 4.78 is 26.8. The largest absolute Gasteiger partial charge is 0.369 e. The summed E-state index contributed by atoms with van der Waals surface area (Å²) in [6, 6.07) is 3.14. The van der Waals surface area contributed by atoms with Crippen LogP contribution in [0.5, 0.6) is 0 Å². The predicted molar refractivity (Wildman–Crippen MR) is 79.4 cm³/mol. The van der Waals surface area contributed by atoms with E-state index in [1.54, 1.807) is 18.3 Å². The fourth-order valence-electron chi connectivity index (χ4n) is 2.10. The van der Waals surface area contributed by atoms with Gasteiger partial charge in [-0.15, -0.1) is 0 Å². The van der Waals surface area contributed by atoms with Crippen molar-refractivity contribution in [1.82, 2.24) is 14.6 Å². The zero-order chi connectivity index (χ0) is 15.3. The number of anilines is 1. The number of hydrogen-bond donors (Lipinski definition) is 2. The molecule has 2 N–H and O–H groups in total. The lowest BCUT2D eigenvalue weighted by atomic mass is 10.4. The standard InChI is InChI=1S/C13H20N4O3S/c1-2-6-15-13-11(4-3-7-16-13)21(19,20)17-9-5-12(18)14-8-10-17/h3-4,7H,2,5-6,8-10H2,1H3,(H,14,18)(H,15,16). The zero-order valence-corrected chi connectivity index (χ0v) is 12.8. The van der Waals surface area contributed by atoms with Crippen LogP contribution >= 0.6 is 0 Å². The third kappa shape index (κ3) is 3.70. The lowest BCUT2D eigenvalue weighted by molar-refractivity contribution is -0.120.